The Balaban J connectivity index is 1.45. The standard InChI is InChI=1S/C25H24ClFN2O5S2/c1-34-24(30)11-4-15-2-5-16(6-3-15)22-9-10-23(35-22)21-12-17(14-36(32,33)29-21)25(31)28-18-7-8-20(27)19(26)13-18/h2-3,5-10,13,17,21,29H,4,11-12,14H2,1H3,(H,28,31). The Bertz CT molecular complexity index is 1380. The molecule has 2 atom stereocenters. The number of sulfonamides is 1. The van der Waals surface area contributed by atoms with Crippen LogP contribution < -0.4 is 10.0 Å². The van der Waals surface area contributed by atoms with Gasteiger partial charge in [-0.05, 0) is 54.3 Å². The lowest BCUT2D eigenvalue weighted by Gasteiger charge is -2.28. The van der Waals surface area contributed by atoms with Crippen molar-refractivity contribution in [2.45, 2.75) is 25.3 Å². The molecule has 1 aliphatic heterocycles. The summed E-state index contributed by atoms with van der Waals surface area (Å²) in [6.07, 6.45) is 1.18. The first-order valence-electron chi connectivity index (χ1n) is 11.2. The van der Waals surface area contributed by atoms with Crippen molar-refractivity contribution in [1.82, 2.24) is 4.72 Å². The average Bonchev–Trinajstić information content (AvgIpc) is 3.34. The quantitative estimate of drug-likeness (QED) is 0.406. The summed E-state index contributed by atoms with van der Waals surface area (Å²) >= 11 is 7.23. The molecule has 4 rings (SSSR count). The molecule has 1 saturated heterocycles. The van der Waals surface area contributed by atoms with Crippen LogP contribution in [-0.2, 0) is 30.8 Å². The number of rotatable bonds is 7. The molecule has 0 bridgehead atoms. The molecule has 1 amide bonds. The van der Waals surface area contributed by atoms with Crippen LogP contribution in [0.15, 0.2) is 54.6 Å². The van der Waals surface area contributed by atoms with Crippen molar-refractivity contribution in [2.24, 2.45) is 5.92 Å². The van der Waals surface area contributed by atoms with E-state index in [0.29, 0.717) is 18.5 Å². The minimum Gasteiger partial charge on any atom is -0.469 e. The van der Waals surface area contributed by atoms with E-state index in [9.17, 15) is 22.4 Å². The van der Waals surface area contributed by atoms with Crippen LogP contribution in [0, 0.1) is 11.7 Å². The van der Waals surface area contributed by atoms with E-state index in [1.807, 2.05) is 36.4 Å². The molecule has 7 nitrogen and oxygen atoms in total. The van der Waals surface area contributed by atoms with E-state index in [4.69, 9.17) is 11.6 Å². The number of halogens is 2. The molecular formula is C25H24ClFN2O5S2. The number of methoxy groups -OCH3 is 1. The van der Waals surface area contributed by atoms with Crippen LogP contribution in [0.2, 0.25) is 5.02 Å². The highest BCUT2D eigenvalue weighted by Crippen LogP contribution is 2.36. The number of ether oxygens (including phenoxy) is 1. The lowest BCUT2D eigenvalue weighted by atomic mass is 9.99. The molecule has 0 spiro atoms. The molecule has 0 aliphatic carbocycles. The van der Waals surface area contributed by atoms with Gasteiger partial charge in [-0.1, -0.05) is 35.9 Å². The number of thiophene rings is 1. The summed E-state index contributed by atoms with van der Waals surface area (Å²) in [4.78, 5) is 25.9. The third-order valence-corrected chi connectivity index (χ3v) is 8.90. The summed E-state index contributed by atoms with van der Waals surface area (Å²) in [6.45, 7) is 0. The number of aryl methyl sites for hydroxylation is 1. The molecule has 11 heteroatoms. The second-order valence-corrected chi connectivity index (χ2v) is 11.8. The topological polar surface area (TPSA) is 102 Å². The van der Waals surface area contributed by atoms with E-state index in [2.05, 4.69) is 14.8 Å². The third kappa shape index (κ3) is 6.50. The molecule has 2 unspecified atom stereocenters. The summed E-state index contributed by atoms with van der Waals surface area (Å²) in [5.74, 6) is -2.46. The smallest absolute Gasteiger partial charge is 0.305 e. The summed E-state index contributed by atoms with van der Waals surface area (Å²) in [5.41, 5.74) is 2.28. The first kappa shape index (κ1) is 26.3. The van der Waals surface area contributed by atoms with Crippen LogP contribution in [-0.4, -0.2) is 33.2 Å². The van der Waals surface area contributed by atoms with Gasteiger partial charge >= 0.3 is 5.97 Å². The van der Waals surface area contributed by atoms with Gasteiger partial charge in [0.15, 0.2) is 0 Å². The first-order valence-corrected chi connectivity index (χ1v) is 14.0. The Hall–Kier alpha value is -2.79. The van der Waals surface area contributed by atoms with Gasteiger partial charge in [-0.2, -0.15) is 0 Å². The number of anilines is 1. The zero-order valence-electron chi connectivity index (χ0n) is 19.3. The van der Waals surface area contributed by atoms with E-state index in [-0.39, 0.29) is 23.2 Å². The zero-order valence-corrected chi connectivity index (χ0v) is 21.7. The van der Waals surface area contributed by atoms with Gasteiger partial charge in [0.1, 0.15) is 5.82 Å². The van der Waals surface area contributed by atoms with Crippen LogP contribution in [0.5, 0.6) is 0 Å². The maximum absolute atomic E-state index is 13.4. The van der Waals surface area contributed by atoms with Gasteiger partial charge < -0.3 is 10.1 Å². The number of esters is 1. The second-order valence-electron chi connectivity index (χ2n) is 8.48. The molecule has 0 radical (unpaired) electrons. The largest absolute Gasteiger partial charge is 0.469 e. The van der Waals surface area contributed by atoms with Gasteiger partial charge in [-0.3, -0.25) is 9.59 Å². The van der Waals surface area contributed by atoms with E-state index < -0.39 is 33.7 Å². The number of nitrogens with one attached hydrogen (secondary N) is 2. The lowest BCUT2D eigenvalue weighted by Crippen LogP contribution is -2.44. The van der Waals surface area contributed by atoms with Crippen LogP contribution in [0.1, 0.15) is 29.3 Å². The molecule has 2 N–H and O–H groups in total. The molecule has 1 fully saturated rings. The molecule has 36 heavy (non-hydrogen) atoms. The molecule has 3 aromatic rings. The SMILES string of the molecule is COC(=O)CCc1ccc(-c2ccc(C3CC(C(=O)Nc4ccc(F)c(Cl)c4)CS(=O)(=O)N3)s2)cc1. The van der Waals surface area contributed by atoms with E-state index in [1.54, 1.807) is 0 Å². The van der Waals surface area contributed by atoms with Gasteiger partial charge in [0.25, 0.3) is 0 Å². The van der Waals surface area contributed by atoms with Crippen molar-refractivity contribution < 1.29 is 27.1 Å². The summed E-state index contributed by atoms with van der Waals surface area (Å²) in [6, 6.07) is 14.8. The van der Waals surface area contributed by atoms with E-state index in [0.717, 1.165) is 26.9 Å². The molecule has 2 heterocycles. The highest BCUT2D eigenvalue weighted by molar-refractivity contribution is 7.89. The van der Waals surface area contributed by atoms with Gasteiger partial charge in [0.2, 0.25) is 15.9 Å². The number of hydrogen-bond acceptors (Lipinski definition) is 6. The third-order valence-electron chi connectivity index (χ3n) is 5.87. The Morgan fingerprint density at radius 2 is 1.92 bits per heavy atom. The fraction of sp³-hybridized carbons (Fsp3) is 0.280. The van der Waals surface area contributed by atoms with Crippen molar-refractivity contribution >= 4 is 50.5 Å². The van der Waals surface area contributed by atoms with Crippen LogP contribution in [0.25, 0.3) is 10.4 Å². The predicted molar refractivity (Wildman–Crippen MR) is 138 cm³/mol. The first-order chi connectivity index (χ1) is 17.1. The highest BCUT2D eigenvalue weighted by atomic mass is 35.5. The van der Waals surface area contributed by atoms with Crippen LogP contribution in [0.3, 0.4) is 0 Å². The summed E-state index contributed by atoms with van der Waals surface area (Å²) in [7, 11) is -2.32. The highest BCUT2D eigenvalue weighted by Gasteiger charge is 2.36. The van der Waals surface area contributed by atoms with E-state index in [1.165, 1.54) is 30.6 Å². The maximum atomic E-state index is 13.4. The Morgan fingerprint density at radius 1 is 1.17 bits per heavy atom. The van der Waals surface area contributed by atoms with Gasteiger partial charge in [-0.15, -0.1) is 11.3 Å². The Kier molecular flexibility index (Phi) is 8.09. The second kappa shape index (κ2) is 11.1. The number of carbonyl (C=O) groups is 2. The average molecular weight is 551 g/mol. The fourth-order valence-corrected chi connectivity index (χ4v) is 6.89. The van der Waals surface area contributed by atoms with Crippen molar-refractivity contribution in [3.05, 3.63) is 75.9 Å². The normalized spacial score (nSPS) is 19.0. The van der Waals surface area contributed by atoms with Crippen LogP contribution >= 0.6 is 22.9 Å². The number of benzene rings is 2. The van der Waals surface area contributed by atoms with Crippen molar-refractivity contribution in [3.8, 4) is 10.4 Å². The Labute approximate surface area is 217 Å². The molecule has 2 aromatic carbocycles. The van der Waals surface area contributed by atoms with Crippen molar-refractivity contribution in [1.29, 1.82) is 0 Å². The maximum Gasteiger partial charge on any atom is 0.305 e. The lowest BCUT2D eigenvalue weighted by molar-refractivity contribution is -0.140. The number of amides is 1. The zero-order chi connectivity index (χ0) is 25.9. The fourth-order valence-electron chi connectivity index (χ4n) is 3.98. The predicted octanol–water partition coefficient (Wildman–Crippen LogP) is 4.93. The van der Waals surface area contributed by atoms with Gasteiger partial charge in [-0.25, -0.2) is 17.5 Å². The van der Waals surface area contributed by atoms with Crippen LogP contribution in [0.4, 0.5) is 10.1 Å². The molecule has 190 valence electrons. The monoisotopic (exact) mass is 550 g/mol. The minimum absolute atomic E-state index is 0.133. The number of hydrogen-bond donors (Lipinski definition) is 2. The molecule has 1 aromatic heterocycles. The number of carbonyl (C=O) groups excluding carboxylic acids is 2. The molecule has 0 saturated carbocycles. The summed E-state index contributed by atoms with van der Waals surface area (Å²) < 4.78 is 45.9. The van der Waals surface area contributed by atoms with E-state index >= 15 is 0 Å². The van der Waals surface area contributed by atoms with Gasteiger partial charge in [0.05, 0.1) is 29.8 Å². The minimum atomic E-state index is -3.69. The van der Waals surface area contributed by atoms with Gasteiger partial charge in [0, 0.05) is 21.9 Å². The molecule has 1 aliphatic rings. The molecular weight excluding hydrogens is 527 g/mol. The summed E-state index contributed by atoms with van der Waals surface area (Å²) in [5, 5.41) is 2.51. The van der Waals surface area contributed by atoms with Crippen molar-refractivity contribution in [3.63, 3.8) is 0 Å². The Morgan fingerprint density at radius 3 is 2.61 bits per heavy atom. The van der Waals surface area contributed by atoms with Crippen molar-refractivity contribution in [2.75, 3.05) is 18.2 Å².